The Morgan fingerprint density at radius 1 is 1.40 bits per heavy atom. The van der Waals surface area contributed by atoms with Crippen molar-refractivity contribution >= 4 is 11.5 Å². The number of anilines is 1. The Morgan fingerprint density at radius 3 is 2.80 bits per heavy atom. The number of hydrogen-bond acceptors (Lipinski definition) is 6. The first kappa shape index (κ1) is 13.7. The third kappa shape index (κ3) is 2.82. The molecule has 7 nitrogen and oxygen atoms in total. The summed E-state index contributed by atoms with van der Waals surface area (Å²) in [6, 6.07) is 5.90. The van der Waals surface area contributed by atoms with Crippen LogP contribution in [0.15, 0.2) is 24.3 Å². The molecule has 20 heavy (non-hydrogen) atoms. The second-order valence-corrected chi connectivity index (χ2v) is 4.17. The Bertz CT molecular complexity index is 658. The van der Waals surface area contributed by atoms with Gasteiger partial charge in [0.2, 0.25) is 5.88 Å². The predicted molar refractivity (Wildman–Crippen MR) is 73.7 cm³/mol. The highest BCUT2D eigenvalue weighted by atomic mass is 16.6. The fourth-order valence-corrected chi connectivity index (χ4v) is 1.59. The Morgan fingerprint density at radius 2 is 2.15 bits per heavy atom. The van der Waals surface area contributed by atoms with Crippen LogP contribution in [0.3, 0.4) is 0 Å². The van der Waals surface area contributed by atoms with Gasteiger partial charge in [0.25, 0.3) is 5.69 Å². The Kier molecular flexibility index (Phi) is 3.79. The molecule has 0 aliphatic carbocycles. The molecule has 0 unspecified atom stereocenters. The number of nitro benzene ring substituents is 1. The lowest BCUT2D eigenvalue weighted by molar-refractivity contribution is -0.384. The Hall–Kier alpha value is -2.70. The van der Waals surface area contributed by atoms with Crippen molar-refractivity contribution in [1.29, 1.82) is 0 Å². The number of nitrogens with zero attached hydrogens (tertiary/aromatic N) is 3. The van der Waals surface area contributed by atoms with Crippen molar-refractivity contribution < 1.29 is 9.66 Å². The molecule has 0 spiro atoms. The van der Waals surface area contributed by atoms with Gasteiger partial charge in [-0.15, -0.1) is 0 Å². The maximum Gasteiger partial charge on any atom is 0.273 e. The number of ether oxygens (including phenoxy) is 1. The molecule has 0 aliphatic rings. The molecular weight excluding hydrogens is 260 g/mol. The number of aryl methyl sites for hydroxylation is 1. The van der Waals surface area contributed by atoms with Gasteiger partial charge in [0, 0.05) is 12.5 Å². The van der Waals surface area contributed by atoms with E-state index in [-0.39, 0.29) is 5.69 Å². The second-order valence-electron chi connectivity index (χ2n) is 4.17. The van der Waals surface area contributed by atoms with Crippen LogP contribution in [0.25, 0.3) is 0 Å². The van der Waals surface area contributed by atoms with Crippen LogP contribution in [-0.4, -0.2) is 14.9 Å². The molecule has 0 bridgehead atoms. The van der Waals surface area contributed by atoms with E-state index in [1.807, 2.05) is 6.92 Å². The van der Waals surface area contributed by atoms with E-state index in [0.717, 1.165) is 0 Å². The zero-order chi connectivity index (χ0) is 14.7. The smallest absolute Gasteiger partial charge is 0.273 e. The van der Waals surface area contributed by atoms with Gasteiger partial charge in [-0.3, -0.25) is 10.1 Å². The van der Waals surface area contributed by atoms with Crippen molar-refractivity contribution in [2.24, 2.45) is 0 Å². The van der Waals surface area contributed by atoms with E-state index in [1.54, 1.807) is 19.1 Å². The van der Waals surface area contributed by atoms with E-state index in [0.29, 0.717) is 35.3 Å². The number of nitrogens with two attached hydrogens (primary N) is 1. The average Bonchev–Trinajstić information content (AvgIpc) is 2.43. The zero-order valence-electron chi connectivity index (χ0n) is 11.2. The molecule has 104 valence electrons. The number of hydrogen-bond donors (Lipinski definition) is 1. The number of rotatable bonds is 4. The number of nitrogen functional groups attached to an aromatic ring is 1. The van der Waals surface area contributed by atoms with E-state index in [2.05, 4.69) is 9.97 Å². The molecule has 0 aliphatic heterocycles. The van der Waals surface area contributed by atoms with Crippen molar-refractivity contribution in [2.45, 2.75) is 20.3 Å². The highest BCUT2D eigenvalue weighted by Crippen LogP contribution is 2.28. The topological polar surface area (TPSA) is 104 Å². The van der Waals surface area contributed by atoms with Gasteiger partial charge in [-0.25, -0.2) is 4.98 Å². The fraction of sp³-hybridized carbons (Fsp3) is 0.231. The minimum atomic E-state index is -0.481. The van der Waals surface area contributed by atoms with Gasteiger partial charge < -0.3 is 10.5 Å². The zero-order valence-corrected chi connectivity index (χ0v) is 11.2. The molecule has 2 N–H and O–H groups in total. The summed E-state index contributed by atoms with van der Waals surface area (Å²) in [7, 11) is 0. The number of nitro groups is 1. The molecule has 7 heteroatoms. The van der Waals surface area contributed by atoms with Gasteiger partial charge in [-0.2, -0.15) is 4.98 Å². The minimum Gasteiger partial charge on any atom is -0.438 e. The van der Waals surface area contributed by atoms with Crippen LogP contribution in [0.4, 0.5) is 11.5 Å². The third-order valence-corrected chi connectivity index (χ3v) is 2.74. The van der Waals surface area contributed by atoms with Gasteiger partial charge in [0.1, 0.15) is 17.4 Å². The average molecular weight is 274 g/mol. The van der Waals surface area contributed by atoms with Crippen LogP contribution in [0.1, 0.15) is 18.3 Å². The molecule has 0 fully saturated rings. The van der Waals surface area contributed by atoms with Crippen LogP contribution in [0.5, 0.6) is 11.6 Å². The molecule has 2 aromatic rings. The quantitative estimate of drug-likeness (QED) is 0.678. The molecular formula is C13H14N4O3. The minimum absolute atomic E-state index is 0.0436. The standard InChI is InChI=1S/C13H14N4O3/c1-3-11-15-12(14)8(2)13(16-11)20-10-6-4-5-9(7-10)17(18)19/h4-7H,3H2,1-2H3,(H2,14,15,16). The molecule has 2 rings (SSSR count). The van der Waals surface area contributed by atoms with Crippen LogP contribution < -0.4 is 10.5 Å². The van der Waals surface area contributed by atoms with E-state index < -0.39 is 4.92 Å². The Labute approximate surface area is 115 Å². The molecule has 1 heterocycles. The second kappa shape index (κ2) is 5.52. The lowest BCUT2D eigenvalue weighted by Crippen LogP contribution is -2.04. The first-order valence-electron chi connectivity index (χ1n) is 6.06. The maximum absolute atomic E-state index is 10.7. The molecule has 0 saturated carbocycles. The summed E-state index contributed by atoms with van der Waals surface area (Å²) in [5.41, 5.74) is 6.35. The summed E-state index contributed by atoms with van der Waals surface area (Å²) in [6.45, 7) is 3.64. The molecule has 0 radical (unpaired) electrons. The molecule has 1 aromatic carbocycles. The summed E-state index contributed by atoms with van der Waals surface area (Å²) in [6.07, 6.45) is 0.621. The van der Waals surface area contributed by atoms with Gasteiger partial charge in [-0.1, -0.05) is 13.0 Å². The number of aromatic nitrogens is 2. The van der Waals surface area contributed by atoms with Gasteiger partial charge in [0.05, 0.1) is 16.6 Å². The SMILES string of the molecule is CCc1nc(N)c(C)c(Oc2cccc([N+](=O)[O-])c2)n1. The lowest BCUT2D eigenvalue weighted by atomic mass is 10.3. The number of benzene rings is 1. The van der Waals surface area contributed by atoms with Gasteiger partial charge >= 0.3 is 0 Å². The molecule has 0 atom stereocenters. The van der Waals surface area contributed by atoms with Crippen molar-refractivity contribution in [1.82, 2.24) is 9.97 Å². The van der Waals surface area contributed by atoms with E-state index >= 15 is 0 Å². The fourth-order valence-electron chi connectivity index (χ4n) is 1.59. The van der Waals surface area contributed by atoms with Crippen molar-refractivity contribution in [3.8, 4) is 11.6 Å². The van der Waals surface area contributed by atoms with Crippen LogP contribution in [0.2, 0.25) is 0 Å². The monoisotopic (exact) mass is 274 g/mol. The molecule has 1 aromatic heterocycles. The Balaban J connectivity index is 2.36. The van der Waals surface area contributed by atoms with Gasteiger partial charge in [-0.05, 0) is 13.0 Å². The van der Waals surface area contributed by atoms with E-state index in [1.165, 1.54) is 12.1 Å². The lowest BCUT2D eigenvalue weighted by Gasteiger charge is -2.10. The van der Waals surface area contributed by atoms with Crippen molar-refractivity contribution in [2.75, 3.05) is 5.73 Å². The van der Waals surface area contributed by atoms with Gasteiger partial charge in [0.15, 0.2) is 0 Å². The first-order valence-corrected chi connectivity index (χ1v) is 6.06. The summed E-state index contributed by atoms with van der Waals surface area (Å²) >= 11 is 0. The highest BCUT2D eigenvalue weighted by Gasteiger charge is 2.12. The van der Waals surface area contributed by atoms with E-state index in [4.69, 9.17) is 10.5 Å². The normalized spacial score (nSPS) is 10.3. The first-order chi connectivity index (χ1) is 9.51. The summed E-state index contributed by atoms with van der Waals surface area (Å²) < 4.78 is 5.59. The van der Waals surface area contributed by atoms with Crippen LogP contribution in [-0.2, 0) is 6.42 Å². The molecule has 0 amide bonds. The maximum atomic E-state index is 10.7. The van der Waals surface area contributed by atoms with Crippen LogP contribution >= 0.6 is 0 Å². The predicted octanol–water partition coefficient (Wildman–Crippen LogP) is 2.63. The summed E-state index contributed by atoms with van der Waals surface area (Å²) in [5.74, 6) is 1.56. The number of non-ortho nitro benzene ring substituents is 1. The largest absolute Gasteiger partial charge is 0.438 e. The molecule has 0 saturated heterocycles. The van der Waals surface area contributed by atoms with Crippen LogP contribution in [0, 0.1) is 17.0 Å². The van der Waals surface area contributed by atoms with E-state index in [9.17, 15) is 10.1 Å². The summed E-state index contributed by atoms with van der Waals surface area (Å²) in [5, 5.41) is 10.7. The van der Waals surface area contributed by atoms with Crippen molar-refractivity contribution in [3.63, 3.8) is 0 Å². The third-order valence-electron chi connectivity index (χ3n) is 2.74. The van der Waals surface area contributed by atoms with Crippen molar-refractivity contribution in [3.05, 3.63) is 45.8 Å². The highest BCUT2D eigenvalue weighted by molar-refractivity contribution is 5.47. The summed E-state index contributed by atoms with van der Waals surface area (Å²) in [4.78, 5) is 18.6.